The van der Waals surface area contributed by atoms with Gasteiger partial charge in [0, 0.05) is 13.8 Å². The van der Waals surface area contributed by atoms with Gasteiger partial charge in [-0.05, 0) is 31.2 Å². The lowest BCUT2D eigenvalue weighted by atomic mass is 9.77. The van der Waals surface area contributed by atoms with E-state index in [1.165, 1.54) is 13.8 Å². The van der Waals surface area contributed by atoms with Crippen LogP contribution < -0.4 is 0 Å². The third kappa shape index (κ3) is 3.00. The van der Waals surface area contributed by atoms with E-state index in [1.54, 1.807) is 0 Å². The van der Waals surface area contributed by atoms with Crippen LogP contribution in [0.5, 0.6) is 0 Å². The summed E-state index contributed by atoms with van der Waals surface area (Å²) in [6, 6.07) is 9.56. The summed E-state index contributed by atoms with van der Waals surface area (Å²) in [5.74, 6) is -0.697. The number of esters is 2. The van der Waals surface area contributed by atoms with Crippen LogP contribution in [0.15, 0.2) is 30.3 Å². The molecule has 1 aromatic carbocycles. The zero-order valence-corrected chi connectivity index (χ0v) is 11.9. The van der Waals surface area contributed by atoms with E-state index in [9.17, 15) is 9.59 Å². The van der Waals surface area contributed by atoms with Crippen molar-refractivity contribution in [2.75, 3.05) is 0 Å². The minimum absolute atomic E-state index is 0.343. The molecule has 20 heavy (non-hydrogen) atoms. The van der Waals surface area contributed by atoms with Gasteiger partial charge in [0.15, 0.2) is 5.60 Å². The monoisotopic (exact) mass is 276 g/mol. The Morgan fingerprint density at radius 3 is 2.40 bits per heavy atom. The molecule has 4 nitrogen and oxygen atoms in total. The minimum atomic E-state index is -0.850. The van der Waals surface area contributed by atoms with Crippen LogP contribution in [0, 0.1) is 0 Å². The zero-order valence-electron chi connectivity index (χ0n) is 11.9. The molecular weight excluding hydrogens is 256 g/mol. The maximum absolute atomic E-state index is 11.6. The first-order valence-corrected chi connectivity index (χ1v) is 6.97. The van der Waals surface area contributed by atoms with Crippen molar-refractivity contribution in [3.63, 3.8) is 0 Å². The molecule has 1 aliphatic carbocycles. The normalized spacial score (nSPS) is 25.8. The lowest BCUT2D eigenvalue weighted by Crippen LogP contribution is -2.47. The number of carbonyl (C=O) groups is 2. The maximum atomic E-state index is 11.6. The molecule has 0 saturated heterocycles. The molecule has 0 aliphatic heterocycles. The third-order valence-electron chi connectivity index (χ3n) is 3.68. The molecule has 1 aliphatic rings. The number of carbonyl (C=O) groups excluding carboxylic acids is 2. The first-order chi connectivity index (χ1) is 9.54. The number of benzene rings is 1. The van der Waals surface area contributed by atoms with Crippen LogP contribution in [0.3, 0.4) is 0 Å². The third-order valence-corrected chi connectivity index (χ3v) is 3.68. The standard InChI is InChI=1S/C16H20O4/c1-12(17)19-15-10-6-7-11-16(15,20-13(2)18)14-8-4-3-5-9-14/h3-5,8-9,15H,6-7,10-11H2,1-2H3/t15-,16+/m1/s1. The number of rotatable bonds is 3. The summed E-state index contributed by atoms with van der Waals surface area (Å²) in [7, 11) is 0. The van der Waals surface area contributed by atoms with Crippen LogP contribution in [-0.4, -0.2) is 18.0 Å². The van der Waals surface area contributed by atoms with Gasteiger partial charge in [-0.15, -0.1) is 0 Å². The summed E-state index contributed by atoms with van der Waals surface area (Å²) in [6.07, 6.45) is 2.88. The lowest BCUT2D eigenvalue weighted by molar-refractivity contribution is -0.194. The van der Waals surface area contributed by atoms with Crippen LogP contribution in [0.4, 0.5) is 0 Å². The van der Waals surface area contributed by atoms with Gasteiger partial charge in [-0.2, -0.15) is 0 Å². The van der Waals surface area contributed by atoms with Crippen molar-refractivity contribution in [1.29, 1.82) is 0 Å². The second-order valence-electron chi connectivity index (χ2n) is 5.19. The number of hydrogen-bond acceptors (Lipinski definition) is 4. The Bertz CT molecular complexity index is 483. The van der Waals surface area contributed by atoms with Crippen molar-refractivity contribution >= 4 is 11.9 Å². The van der Waals surface area contributed by atoms with Crippen LogP contribution in [0.1, 0.15) is 45.1 Å². The smallest absolute Gasteiger partial charge is 0.303 e. The molecule has 0 bridgehead atoms. The van der Waals surface area contributed by atoms with Crippen molar-refractivity contribution in [3.05, 3.63) is 35.9 Å². The first kappa shape index (κ1) is 14.6. The van der Waals surface area contributed by atoms with Gasteiger partial charge in [0.1, 0.15) is 6.10 Å². The highest BCUT2D eigenvalue weighted by Gasteiger charge is 2.47. The van der Waals surface area contributed by atoms with E-state index in [0.717, 1.165) is 18.4 Å². The number of ether oxygens (including phenoxy) is 2. The van der Waals surface area contributed by atoms with Gasteiger partial charge in [-0.1, -0.05) is 30.3 Å². The van der Waals surface area contributed by atoms with E-state index < -0.39 is 11.7 Å². The average molecular weight is 276 g/mol. The van der Waals surface area contributed by atoms with E-state index in [0.29, 0.717) is 12.8 Å². The highest BCUT2D eigenvalue weighted by molar-refractivity contribution is 5.68. The highest BCUT2D eigenvalue weighted by Crippen LogP contribution is 2.42. The van der Waals surface area contributed by atoms with Gasteiger partial charge in [0.05, 0.1) is 0 Å². The first-order valence-electron chi connectivity index (χ1n) is 6.97. The van der Waals surface area contributed by atoms with Crippen molar-refractivity contribution in [1.82, 2.24) is 0 Å². The Hall–Kier alpha value is -1.84. The summed E-state index contributed by atoms with van der Waals surface area (Å²) >= 11 is 0. The maximum Gasteiger partial charge on any atom is 0.303 e. The predicted molar refractivity (Wildman–Crippen MR) is 73.9 cm³/mol. The van der Waals surface area contributed by atoms with Crippen LogP contribution in [-0.2, 0) is 24.7 Å². The Kier molecular flexibility index (Phi) is 4.42. The van der Waals surface area contributed by atoms with Gasteiger partial charge in [0.2, 0.25) is 0 Å². The minimum Gasteiger partial charge on any atom is -0.458 e. The van der Waals surface area contributed by atoms with E-state index in [4.69, 9.17) is 9.47 Å². The fourth-order valence-corrected chi connectivity index (χ4v) is 2.95. The van der Waals surface area contributed by atoms with Gasteiger partial charge >= 0.3 is 11.9 Å². The van der Waals surface area contributed by atoms with Gasteiger partial charge < -0.3 is 9.47 Å². The summed E-state index contributed by atoms with van der Waals surface area (Å²) in [5, 5.41) is 0. The van der Waals surface area contributed by atoms with E-state index in [-0.39, 0.29) is 11.9 Å². The highest BCUT2D eigenvalue weighted by atomic mass is 16.6. The predicted octanol–water partition coefficient (Wildman–Crippen LogP) is 2.95. The lowest BCUT2D eigenvalue weighted by Gasteiger charge is -2.42. The molecule has 0 heterocycles. The van der Waals surface area contributed by atoms with Gasteiger partial charge in [-0.3, -0.25) is 9.59 Å². The summed E-state index contributed by atoms with van der Waals surface area (Å²) in [5.41, 5.74) is 0.0398. The van der Waals surface area contributed by atoms with Gasteiger partial charge in [0.25, 0.3) is 0 Å². The average Bonchev–Trinajstić information content (AvgIpc) is 2.41. The molecule has 0 radical (unpaired) electrons. The summed E-state index contributed by atoms with van der Waals surface area (Å²) in [4.78, 5) is 22.9. The van der Waals surface area contributed by atoms with Crippen molar-refractivity contribution in [2.45, 2.75) is 51.2 Å². The van der Waals surface area contributed by atoms with Crippen LogP contribution >= 0.6 is 0 Å². The Labute approximate surface area is 119 Å². The molecule has 2 rings (SSSR count). The Morgan fingerprint density at radius 2 is 1.80 bits per heavy atom. The van der Waals surface area contributed by atoms with E-state index in [2.05, 4.69) is 0 Å². The van der Waals surface area contributed by atoms with Crippen LogP contribution in [0.25, 0.3) is 0 Å². The fourth-order valence-electron chi connectivity index (χ4n) is 2.95. The van der Waals surface area contributed by atoms with Gasteiger partial charge in [-0.25, -0.2) is 0 Å². The van der Waals surface area contributed by atoms with Crippen molar-refractivity contribution in [2.24, 2.45) is 0 Å². The van der Waals surface area contributed by atoms with Crippen LogP contribution in [0.2, 0.25) is 0 Å². The summed E-state index contributed by atoms with van der Waals surface area (Å²) in [6.45, 7) is 2.78. The second-order valence-corrected chi connectivity index (χ2v) is 5.19. The molecule has 1 fully saturated rings. The second kappa shape index (κ2) is 6.07. The SMILES string of the molecule is CC(=O)O[C@@H]1CCCC[C@]1(OC(C)=O)c1ccccc1. The zero-order chi connectivity index (χ0) is 14.6. The number of hydrogen-bond donors (Lipinski definition) is 0. The molecule has 0 amide bonds. The van der Waals surface area contributed by atoms with Crippen molar-refractivity contribution in [3.8, 4) is 0 Å². The largest absolute Gasteiger partial charge is 0.458 e. The Morgan fingerprint density at radius 1 is 1.10 bits per heavy atom. The molecule has 2 atom stereocenters. The summed E-state index contributed by atoms with van der Waals surface area (Å²) < 4.78 is 11.1. The molecular formula is C16H20O4. The van der Waals surface area contributed by atoms with Crippen molar-refractivity contribution < 1.29 is 19.1 Å². The molecule has 0 spiro atoms. The molecule has 0 unspecified atom stereocenters. The molecule has 1 aromatic rings. The van der Waals surface area contributed by atoms with E-state index >= 15 is 0 Å². The quantitative estimate of drug-likeness (QED) is 0.796. The van der Waals surface area contributed by atoms with E-state index in [1.807, 2.05) is 30.3 Å². The fraction of sp³-hybridized carbons (Fsp3) is 0.500. The molecule has 0 aromatic heterocycles. The molecule has 0 N–H and O–H groups in total. The molecule has 4 heteroatoms. The Balaban J connectivity index is 2.42. The molecule has 1 saturated carbocycles. The molecule has 108 valence electrons. The topological polar surface area (TPSA) is 52.6 Å².